The fraction of sp³-hybridized carbons (Fsp3) is 0.500. The molecule has 5 heteroatoms. The smallest absolute Gasteiger partial charge is 0.177 e. The van der Waals surface area contributed by atoms with Gasteiger partial charge in [0.1, 0.15) is 5.03 Å². The third-order valence-corrected chi connectivity index (χ3v) is 5.61. The fourth-order valence-corrected chi connectivity index (χ4v) is 4.31. The van der Waals surface area contributed by atoms with E-state index in [0.29, 0.717) is 5.25 Å². The third kappa shape index (κ3) is 6.06. The van der Waals surface area contributed by atoms with E-state index < -0.39 is 0 Å². The molecular formula is C22H32N4S. The van der Waals surface area contributed by atoms with Crippen LogP contribution < -0.4 is 0 Å². The highest BCUT2D eigenvalue weighted by Crippen LogP contribution is 2.32. The first kappa shape index (κ1) is 21.4. The molecule has 1 fully saturated rings. The lowest BCUT2D eigenvalue weighted by atomic mass is 10.0. The lowest BCUT2D eigenvalue weighted by Gasteiger charge is -2.20. The molecule has 0 radical (unpaired) electrons. The number of rotatable bonds is 4. The van der Waals surface area contributed by atoms with Crippen molar-refractivity contribution in [3.63, 3.8) is 0 Å². The summed E-state index contributed by atoms with van der Waals surface area (Å²) in [5.41, 5.74) is 2.05. The van der Waals surface area contributed by atoms with Crippen molar-refractivity contribution in [1.82, 2.24) is 19.8 Å². The van der Waals surface area contributed by atoms with Gasteiger partial charge in [-0.3, -0.25) is 0 Å². The summed E-state index contributed by atoms with van der Waals surface area (Å²) in [5, 5.41) is 15.1. The zero-order valence-electron chi connectivity index (χ0n) is 17.1. The van der Waals surface area contributed by atoms with Crippen molar-refractivity contribution in [3.8, 4) is 0 Å². The molecule has 27 heavy (non-hydrogen) atoms. The van der Waals surface area contributed by atoms with Crippen LogP contribution in [-0.4, -0.2) is 25.1 Å². The Morgan fingerprint density at radius 1 is 0.889 bits per heavy atom. The molecular weight excluding hydrogens is 352 g/mol. The number of nitrogens with zero attached hydrogens (tertiary/aromatic N) is 4. The summed E-state index contributed by atoms with van der Waals surface area (Å²) in [5.74, 6) is 0.900. The van der Waals surface area contributed by atoms with Gasteiger partial charge in [-0.1, -0.05) is 77.3 Å². The first-order valence-corrected chi connectivity index (χ1v) is 11.2. The van der Waals surface area contributed by atoms with Crippen LogP contribution in [0.2, 0.25) is 0 Å². The molecule has 0 N–H and O–H groups in total. The normalized spacial score (nSPS) is 14.1. The van der Waals surface area contributed by atoms with E-state index in [1.807, 2.05) is 56.1 Å². The molecule has 0 saturated heterocycles. The van der Waals surface area contributed by atoms with Crippen molar-refractivity contribution in [1.29, 1.82) is 0 Å². The number of benzene rings is 1. The lowest BCUT2D eigenvalue weighted by molar-refractivity contribution is 0.515. The number of thioether (sulfide) groups is 1. The summed E-state index contributed by atoms with van der Waals surface area (Å²) in [6.07, 6.45) is 7.47. The number of fused-ring (bicyclic) bond motifs is 1. The molecule has 0 aliphatic heterocycles. The predicted octanol–water partition coefficient (Wildman–Crippen LogP) is 6.19. The van der Waals surface area contributed by atoms with Gasteiger partial charge in [-0.25, -0.2) is 0 Å². The number of aromatic nitrogens is 4. The molecule has 1 saturated carbocycles. The molecule has 1 aliphatic carbocycles. The Bertz CT molecular complexity index is 779. The van der Waals surface area contributed by atoms with Crippen LogP contribution in [-0.2, 0) is 6.42 Å². The topological polar surface area (TPSA) is 43.1 Å². The summed E-state index contributed by atoms with van der Waals surface area (Å²) in [6.45, 7) is 8.00. The van der Waals surface area contributed by atoms with Crippen molar-refractivity contribution in [2.24, 2.45) is 0 Å². The van der Waals surface area contributed by atoms with E-state index in [0.717, 1.165) is 22.9 Å². The van der Waals surface area contributed by atoms with Gasteiger partial charge in [-0.05, 0) is 30.5 Å². The molecule has 146 valence electrons. The average Bonchev–Trinajstić information content (AvgIpc) is 3.15. The van der Waals surface area contributed by atoms with Crippen molar-refractivity contribution < 1.29 is 0 Å². The molecule has 0 spiro atoms. The SMILES string of the molecule is CC.CC.c1ccc(Cc2nnc3ccc(SC4CCCCC4)nn23)cc1. The zero-order chi connectivity index (χ0) is 19.5. The maximum atomic E-state index is 4.78. The van der Waals surface area contributed by atoms with Crippen LogP contribution in [0, 0.1) is 0 Å². The minimum absolute atomic E-state index is 0.711. The standard InChI is InChI=1S/C18H20N4S.2C2H6/c1-3-7-14(8-4-1)13-17-20-19-16-11-12-18(21-22(16)17)23-15-9-5-2-6-10-15;2*1-2/h1,3-4,7-8,11-12,15H,2,5-6,9-10,13H2;2*1-2H3. The van der Waals surface area contributed by atoms with E-state index >= 15 is 0 Å². The highest BCUT2D eigenvalue weighted by molar-refractivity contribution is 7.99. The second-order valence-corrected chi connectivity index (χ2v) is 7.42. The van der Waals surface area contributed by atoms with E-state index in [4.69, 9.17) is 5.10 Å². The van der Waals surface area contributed by atoms with Crippen LogP contribution in [0.4, 0.5) is 0 Å². The maximum absolute atomic E-state index is 4.78. The highest BCUT2D eigenvalue weighted by atomic mass is 32.2. The summed E-state index contributed by atoms with van der Waals surface area (Å²) in [6, 6.07) is 14.5. The van der Waals surface area contributed by atoms with Gasteiger partial charge in [0.05, 0.1) is 0 Å². The van der Waals surface area contributed by atoms with Gasteiger partial charge in [0.2, 0.25) is 0 Å². The Morgan fingerprint density at radius 3 is 2.30 bits per heavy atom. The molecule has 0 bridgehead atoms. The third-order valence-electron chi connectivity index (χ3n) is 4.35. The van der Waals surface area contributed by atoms with Crippen LogP contribution in [0.5, 0.6) is 0 Å². The summed E-state index contributed by atoms with van der Waals surface area (Å²) >= 11 is 1.91. The van der Waals surface area contributed by atoms with Crippen LogP contribution in [0.25, 0.3) is 5.65 Å². The monoisotopic (exact) mass is 384 g/mol. The van der Waals surface area contributed by atoms with Gasteiger partial charge in [0, 0.05) is 11.7 Å². The maximum Gasteiger partial charge on any atom is 0.177 e. The molecule has 1 aromatic carbocycles. The minimum atomic E-state index is 0.711. The quantitative estimate of drug-likeness (QED) is 0.538. The summed E-state index contributed by atoms with van der Waals surface area (Å²) in [7, 11) is 0. The van der Waals surface area contributed by atoms with E-state index in [2.05, 4.69) is 40.5 Å². The fourth-order valence-electron chi connectivity index (χ4n) is 3.12. The number of hydrogen-bond acceptors (Lipinski definition) is 4. The second-order valence-electron chi connectivity index (χ2n) is 6.10. The molecule has 1 aliphatic rings. The average molecular weight is 385 g/mol. The van der Waals surface area contributed by atoms with Crippen molar-refractivity contribution in [3.05, 3.63) is 53.9 Å². The Morgan fingerprint density at radius 2 is 1.59 bits per heavy atom. The van der Waals surface area contributed by atoms with Crippen molar-refractivity contribution >= 4 is 17.4 Å². The van der Waals surface area contributed by atoms with Gasteiger partial charge in [0.15, 0.2) is 11.5 Å². The number of hydrogen-bond donors (Lipinski definition) is 0. The summed E-state index contributed by atoms with van der Waals surface area (Å²) < 4.78 is 1.90. The molecule has 0 unspecified atom stereocenters. The first-order chi connectivity index (χ1) is 13.4. The van der Waals surface area contributed by atoms with E-state index in [9.17, 15) is 0 Å². The second kappa shape index (κ2) is 11.8. The molecule has 3 aromatic rings. The van der Waals surface area contributed by atoms with Crippen LogP contribution in [0.1, 0.15) is 71.2 Å². The van der Waals surface area contributed by atoms with Crippen molar-refractivity contribution in [2.45, 2.75) is 76.5 Å². The molecule has 4 rings (SSSR count). The van der Waals surface area contributed by atoms with Crippen LogP contribution >= 0.6 is 11.8 Å². The van der Waals surface area contributed by atoms with Gasteiger partial charge >= 0.3 is 0 Å². The highest BCUT2D eigenvalue weighted by Gasteiger charge is 2.16. The van der Waals surface area contributed by atoms with E-state index in [1.165, 1.54) is 37.7 Å². The Balaban J connectivity index is 0.000000614. The molecule has 0 atom stereocenters. The van der Waals surface area contributed by atoms with Gasteiger partial charge < -0.3 is 0 Å². The van der Waals surface area contributed by atoms with Crippen LogP contribution in [0.15, 0.2) is 47.5 Å². The molecule has 2 aromatic heterocycles. The van der Waals surface area contributed by atoms with Crippen LogP contribution in [0.3, 0.4) is 0 Å². The molecule has 4 nitrogen and oxygen atoms in total. The minimum Gasteiger partial charge on any atom is -0.196 e. The molecule has 2 heterocycles. The zero-order valence-corrected chi connectivity index (χ0v) is 17.9. The van der Waals surface area contributed by atoms with Crippen molar-refractivity contribution in [2.75, 3.05) is 0 Å². The predicted molar refractivity (Wildman–Crippen MR) is 115 cm³/mol. The first-order valence-electron chi connectivity index (χ1n) is 10.3. The van der Waals surface area contributed by atoms with Gasteiger partial charge in [-0.15, -0.1) is 22.0 Å². The van der Waals surface area contributed by atoms with Gasteiger partial charge in [0.25, 0.3) is 0 Å². The van der Waals surface area contributed by atoms with E-state index in [-0.39, 0.29) is 0 Å². The molecule has 0 amide bonds. The Hall–Kier alpha value is -1.88. The summed E-state index contributed by atoms with van der Waals surface area (Å²) in [4.78, 5) is 0. The lowest BCUT2D eigenvalue weighted by Crippen LogP contribution is -2.09. The Kier molecular flexibility index (Phi) is 9.32. The van der Waals surface area contributed by atoms with Gasteiger partial charge in [-0.2, -0.15) is 9.61 Å². The largest absolute Gasteiger partial charge is 0.196 e. The Labute approximate surface area is 167 Å². The van der Waals surface area contributed by atoms with E-state index in [1.54, 1.807) is 0 Å².